The maximum Gasteiger partial charge on any atom is 0.409 e. The molecule has 14 nitrogen and oxygen atoms in total. The van der Waals surface area contributed by atoms with E-state index in [0.29, 0.717) is 17.9 Å². The van der Waals surface area contributed by atoms with Gasteiger partial charge in [0, 0.05) is 45.0 Å². The van der Waals surface area contributed by atoms with Crippen LogP contribution in [0, 0.1) is 17.7 Å². The van der Waals surface area contributed by atoms with Crippen LogP contribution < -0.4 is 20.7 Å². The van der Waals surface area contributed by atoms with Gasteiger partial charge in [-0.25, -0.2) is 14.0 Å². The molecule has 55 heavy (non-hydrogen) atoms. The van der Waals surface area contributed by atoms with Crippen molar-refractivity contribution in [2.24, 2.45) is 11.8 Å². The molecule has 0 radical (unpaired) electrons. The summed E-state index contributed by atoms with van der Waals surface area (Å²) in [4.78, 5) is 56.3. The minimum atomic E-state index is -1.93. The van der Waals surface area contributed by atoms with Crippen molar-refractivity contribution in [3.63, 3.8) is 0 Å². The zero-order valence-corrected chi connectivity index (χ0v) is 32.9. The van der Waals surface area contributed by atoms with E-state index in [1.54, 1.807) is 38.1 Å². The fourth-order valence-corrected chi connectivity index (χ4v) is 6.96. The zero-order valence-electron chi connectivity index (χ0n) is 32.2. The Morgan fingerprint density at radius 1 is 1.18 bits per heavy atom. The van der Waals surface area contributed by atoms with Crippen molar-refractivity contribution in [2.75, 3.05) is 38.9 Å². The SMILES string of the molecule is COc1cc2cc(c1Cl)N(C)C(=O)C[C@H](OC(=O)[C@H](C)N(C)C(=O)c1ccc(F)c(N)c1)C(C)[C@@H](O)[C@H](C)[C@@H]1C[C@@](O)(NC(=O)O1)[C@H](OC)/C=C/C=C(\C)C2. The second-order valence-electron chi connectivity index (χ2n) is 14.2. The van der Waals surface area contributed by atoms with Crippen LogP contribution in [0.4, 0.5) is 20.6 Å². The van der Waals surface area contributed by atoms with E-state index in [2.05, 4.69) is 5.32 Å². The van der Waals surface area contributed by atoms with Crippen LogP contribution >= 0.6 is 11.6 Å². The van der Waals surface area contributed by atoms with E-state index in [-0.39, 0.29) is 22.7 Å². The molecule has 2 aliphatic heterocycles. The molecule has 1 fully saturated rings. The lowest BCUT2D eigenvalue weighted by molar-refractivity contribution is -0.165. The Labute approximate surface area is 325 Å². The van der Waals surface area contributed by atoms with E-state index in [4.69, 9.17) is 36.3 Å². The smallest absolute Gasteiger partial charge is 0.409 e. The third-order valence-electron chi connectivity index (χ3n) is 10.4. The molecule has 0 spiro atoms. The summed E-state index contributed by atoms with van der Waals surface area (Å²) in [6.07, 6.45) is -0.803. The third-order valence-corrected chi connectivity index (χ3v) is 10.8. The Bertz CT molecular complexity index is 1840. The fraction of sp³-hybridized carbons (Fsp3) is 0.487. The molecule has 0 aliphatic carbocycles. The highest BCUT2D eigenvalue weighted by molar-refractivity contribution is 6.35. The number of amides is 3. The molecule has 3 amide bonds. The average Bonchev–Trinajstić information content (AvgIpc) is 3.14. The number of carbonyl (C=O) groups excluding carboxylic acids is 4. The van der Waals surface area contributed by atoms with E-state index >= 15 is 0 Å². The van der Waals surface area contributed by atoms with E-state index in [9.17, 15) is 33.8 Å². The number of hydrogen-bond donors (Lipinski definition) is 4. The van der Waals surface area contributed by atoms with E-state index < -0.39 is 84.1 Å². The maximum atomic E-state index is 14.1. The molecular formula is C39H50ClFN4O10. The van der Waals surface area contributed by atoms with E-state index in [0.717, 1.165) is 28.2 Å². The number of esters is 1. The first kappa shape index (κ1) is 43.0. The number of aliphatic hydroxyl groups is 2. The summed E-state index contributed by atoms with van der Waals surface area (Å²) in [6, 6.07) is 5.70. The molecule has 4 bridgehead atoms. The molecule has 0 aromatic heterocycles. The number of rotatable bonds is 6. The molecule has 2 heterocycles. The molecule has 1 saturated heterocycles. The van der Waals surface area contributed by atoms with Gasteiger partial charge in [0.25, 0.3) is 5.91 Å². The van der Waals surface area contributed by atoms with Gasteiger partial charge >= 0.3 is 12.1 Å². The number of anilines is 2. The Balaban J connectivity index is 1.75. The number of halogens is 2. The van der Waals surface area contributed by atoms with Crippen LogP contribution in [-0.4, -0.2) is 103 Å². The van der Waals surface area contributed by atoms with Crippen molar-refractivity contribution in [3.05, 3.63) is 76.1 Å². The molecule has 1 unspecified atom stereocenters. The van der Waals surface area contributed by atoms with Crippen LogP contribution in [0.3, 0.4) is 0 Å². The van der Waals surface area contributed by atoms with Crippen molar-refractivity contribution in [1.82, 2.24) is 10.2 Å². The van der Waals surface area contributed by atoms with Gasteiger partial charge in [-0.05, 0) is 56.2 Å². The number of nitrogens with zero attached hydrogens (tertiary/aromatic N) is 2. The summed E-state index contributed by atoms with van der Waals surface area (Å²) in [5.74, 6) is -4.33. The molecule has 2 aromatic rings. The van der Waals surface area contributed by atoms with Crippen molar-refractivity contribution < 1.29 is 52.7 Å². The van der Waals surface area contributed by atoms with Crippen LogP contribution in [0.25, 0.3) is 0 Å². The van der Waals surface area contributed by atoms with Gasteiger partial charge in [0.05, 0.1) is 31.0 Å². The van der Waals surface area contributed by atoms with Gasteiger partial charge in [-0.2, -0.15) is 0 Å². The molecule has 300 valence electrons. The predicted molar refractivity (Wildman–Crippen MR) is 203 cm³/mol. The largest absolute Gasteiger partial charge is 0.495 e. The summed E-state index contributed by atoms with van der Waals surface area (Å²) >= 11 is 6.72. The van der Waals surface area contributed by atoms with E-state index in [1.807, 2.05) is 13.0 Å². The topological polar surface area (TPSA) is 190 Å². The lowest BCUT2D eigenvalue weighted by atomic mass is 9.81. The number of fused-ring (bicyclic) bond motifs is 4. The average molecular weight is 789 g/mol. The summed E-state index contributed by atoms with van der Waals surface area (Å²) in [5.41, 5.74) is 5.46. The molecule has 4 rings (SSSR count). The van der Waals surface area contributed by atoms with Crippen molar-refractivity contribution in [1.29, 1.82) is 0 Å². The van der Waals surface area contributed by atoms with Gasteiger partial charge in [0.1, 0.15) is 40.9 Å². The molecule has 16 heteroatoms. The number of aliphatic hydroxyl groups excluding tert-OH is 1. The van der Waals surface area contributed by atoms with Gasteiger partial charge in [0.2, 0.25) is 5.91 Å². The maximum absolute atomic E-state index is 14.1. The minimum Gasteiger partial charge on any atom is -0.495 e. The number of benzene rings is 2. The standard InChI is InChI=1S/C39H50ClFN4O10/c1-20-10-9-11-32(53-8)39(51)19-31(55-38(50)43-39)22(3)35(47)21(2)29(18-33(46)45(6)28-15-24(14-20)16-30(52-7)34(28)40)54-37(49)23(4)44(5)36(48)25-12-13-26(41)27(42)17-25/h9-13,15-17,21-23,29,31-32,35,47,51H,14,18-19,42H2,1-8H3,(H,43,50)/b11-9+,20-10+/t21?,22-,23+,29+,31+,32-,35-,39+/m1/s1. The molecule has 2 aliphatic rings. The number of carbonyl (C=O) groups is 4. The van der Waals surface area contributed by atoms with Crippen LogP contribution in [0.15, 0.2) is 54.1 Å². The van der Waals surface area contributed by atoms with Crippen molar-refractivity contribution in [3.8, 4) is 5.75 Å². The molecule has 0 saturated carbocycles. The first-order valence-electron chi connectivity index (χ1n) is 17.7. The highest BCUT2D eigenvalue weighted by Gasteiger charge is 2.48. The summed E-state index contributed by atoms with van der Waals surface area (Å²) in [6.45, 7) is 6.47. The van der Waals surface area contributed by atoms with Gasteiger partial charge in [0.15, 0.2) is 5.72 Å². The predicted octanol–water partition coefficient (Wildman–Crippen LogP) is 4.39. The van der Waals surface area contributed by atoms with Crippen molar-refractivity contribution in [2.45, 2.75) is 83.1 Å². The number of hydrogen-bond acceptors (Lipinski definition) is 11. The number of methoxy groups -OCH3 is 2. The Morgan fingerprint density at radius 3 is 2.51 bits per heavy atom. The normalized spacial score (nSPS) is 28.5. The molecule has 8 atom stereocenters. The van der Waals surface area contributed by atoms with Gasteiger partial charge in [-0.3, -0.25) is 14.9 Å². The second-order valence-corrected chi connectivity index (χ2v) is 14.6. The number of nitrogens with one attached hydrogen (secondary N) is 1. The van der Waals surface area contributed by atoms with Gasteiger partial charge < -0.3 is 44.7 Å². The second kappa shape index (κ2) is 17.8. The van der Waals surface area contributed by atoms with Gasteiger partial charge in [-0.1, -0.05) is 49.2 Å². The quantitative estimate of drug-likeness (QED) is 0.240. The Hall–Kier alpha value is -4.70. The Morgan fingerprint density at radius 2 is 1.87 bits per heavy atom. The minimum absolute atomic E-state index is 0.0327. The monoisotopic (exact) mass is 788 g/mol. The summed E-state index contributed by atoms with van der Waals surface area (Å²) in [5, 5.41) is 26.1. The van der Waals surface area contributed by atoms with Crippen LogP contribution in [0.1, 0.15) is 56.5 Å². The summed E-state index contributed by atoms with van der Waals surface area (Å²) in [7, 11) is 5.69. The number of likely N-dealkylation sites (N-methyl/N-ethyl adjacent to an activating group) is 1. The van der Waals surface area contributed by atoms with Crippen LogP contribution in [0.2, 0.25) is 5.02 Å². The van der Waals surface area contributed by atoms with Crippen LogP contribution in [-0.2, 0) is 30.2 Å². The number of allylic oxidation sites excluding steroid dienone is 3. The first-order valence-corrected chi connectivity index (χ1v) is 18.1. The highest BCUT2D eigenvalue weighted by atomic mass is 35.5. The van der Waals surface area contributed by atoms with Crippen LogP contribution in [0.5, 0.6) is 5.75 Å². The molecule has 2 aromatic carbocycles. The third kappa shape index (κ3) is 9.76. The lowest BCUT2D eigenvalue weighted by Crippen LogP contribution is -2.64. The first-order chi connectivity index (χ1) is 25.8. The Kier molecular flexibility index (Phi) is 14.0. The molecule has 5 N–H and O–H groups in total. The summed E-state index contributed by atoms with van der Waals surface area (Å²) < 4.78 is 36.4. The number of alkyl carbamates (subject to hydrolysis) is 1. The highest BCUT2D eigenvalue weighted by Crippen LogP contribution is 2.38. The zero-order chi connectivity index (χ0) is 40.9. The fourth-order valence-electron chi connectivity index (χ4n) is 6.65. The lowest BCUT2D eigenvalue weighted by Gasteiger charge is -2.43. The number of nitrogen functional groups attached to an aromatic ring is 1. The number of ether oxygens (including phenoxy) is 4. The van der Waals surface area contributed by atoms with Gasteiger partial charge in [-0.15, -0.1) is 0 Å². The molecular weight excluding hydrogens is 739 g/mol. The van der Waals surface area contributed by atoms with Crippen molar-refractivity contribution >= 4 is 46.9 Å². The van der Waals surface area contributed by atoms with E-state index in [1.165, 1.54) is 46.2 Å². The number of nitrogens with two attached hydrogens (primary N) is 1.